The van der Waals surface area contributed by atoms with E-state index in [9.17, 15) is 0 Å². The number of para-hydroxylation sites is 1. The number of hydrogen-bond acceptors (Lipinski definition) is 2. The molecule has 23 heavy (non-hydrogen) atoms. The van der Waals surface area contributed by atoms with E-state index < -0.39 is 0 Å². The number of aromatic nitrogens is 2. The Hall–Kier alpha value is -3.00. The molecule has 0 spiro atoms. The van der Waals surface area contributed by atoms with Crippen molar-refractivity contribution in [2.45, 2.75) is 6.92 Å². The zero-order valence-electron chi connectivity index (χ0n) is 14.7. The number of hydrogen-bond donors (Lipinski definition) is 0. The summed E-state index contributed by atoms with van der Waals surface area (Å²) in [5.41, 5.74) is 4.08. The molecule has 0 aliphatic carbocycles. The van der Waals surface area contributed by atoms with Gasteiger partial charge in [0.15, 0.2) is 0 Å². The summed E-state index contributed by atoms with van der Waals surface area (Å²) >= 11 is 0. The first-order chi connectivity index (χ1) is 12.1. The maximum Gasteiger partial charge on any atom is 0.126 e. The largest absolute Gasteiger partial charge is 0.233 e. The van der Waals surface area contributed by atoms with Crippen molar-refractivity contribution in [3.63, 3.8) is 0 Å². The van der Waals surface area contributed by atoms with Gasteiger partial charge < -0.3 is 0 Å². The standard InChI is InChI=1S/C21H16N2/c1-15-22-20(17-11-6-3-7-12-17)19-14-8-13-18(21(19)23-15)16-9-4-2-5-10-16/h2-14H,1H3/i8D,13D. The minimum Gasteiger partial charge on any atom is -0.233 e. The highest BCUT2D eigenvalue weighted by molar-refractivity contribution is 6.00. The van der Waals surface area contributed by atoms with E-state index in [1.54, 1.807) is 6.07 Å². The van der Waals surface area contributed by atoms with Crippen molar-refractivity contribution < 1.29 is 2.74 Å². The van der Waals surface area contributed by atoms with E-state index in [2.05, 4.69) is 9.97 Å². The first-order valence-corrected chi connectivity index (χ1v) is 7.54. The molecule has 0 fully saturated rings. The van der Waals surface area contributed by atoms with Gasteiger partial charge in [-0.15, -0.1) is 0 Å². The lowest BCUT2D eigenvalue weighted by molar-refractivity contribution is 1.10. The van der Waals surface area contributed by atoms with Crippen molar-refractivity contribution in [2.24, 2.45) is 0 Å². The van der Waals surface area contributed by atoms with Crippen LogP contribution in [0.2, 0.25) is 0 Å². The Morgan fingerprint density at radius 3 is 2.13 bits per heavy atom. The van der Waals surface area contributed by atoms with Crippen LogP contribution in [0.25, 0.3) is 33.3 Å². The third-order valence-corrected chi connectivity index (χ3v) is 3.82. The van der Waals surface area contributed by atoms with Gasteiger partial charge in [0.25, 0.3) is 0 Å². The van der Waals surface area contributed by atoms with Crippen molar-refractivity contribution in [3.8, 4) is 22.4 Å². The van der Waals surface area contributed by atoms with Crippen LogP contribution in [0.3, 0.4) is 0 Å². The molecule has 0 bridgehead atoms. The Morgan fingerprint density at radius 2 is 1.43 bits per heavy atom. The normalized spacial score (nSPS) is 12.0. The summed E-state index contributed by atoms with van der Waals surface area (Å²) in [4.78, 5) is 9.25. The van der Waals surface area contributed by atoms with Gasteiger partial charge in [-0.1, -0.05) is 78.8 Å². The van der Waals surface area contributed by atoms with Gasteiger partial charge in [-0.05, 0) is 12.5 Å². The van der Waals surface area contributed by atoms with Crippen LogP contribution in [0.1, 0.15) is 8.57 Å². The van der Waals surface area contributed by atoms with Gasteiger partial charge in [0.05, 0.1) is 14.0 Å². The Balaban J connectivity index is 2.14. The van der Waals surface area contributed by atoms with Crippen LogP contribution in [0.15, 0.2) is 78.8 Å². The van der Waals surface area contributed by atoms with Crippen molar-refractivity contribution in [2.75, 3.05) is 0 Å². The second-order valence-electron chi connectivity index (χ2n) is 5.40. The van der Waals surface area contributed by atoms with Gasteiger partial charge in [0.1, 0.15) is 5.82 Å². The summed E-state index contributed by atoms with van der Waals surface area (Å²) in [6.07, 6.45) is 0. The molecule has 4 aromatic rings. The molecular weight excluding hydrogens is 280 g/mol. The fraction of sp³-hybridized carbons (Fsp3) is 0.0476. The van der Waals surface area contributed by atoms with Crippen LogP contribution in [-0.2, 0) is 0 Å². The predicted molar refractivity (Wildman–Crippen MR) is 95.1 cm³/mol. The Morgan fingerprint density at radius 1 is 0.783 bits per heavy atom. The van der Waals surface area contributed by atoms with E-state index in [0.717, 1.165) is 27.7 Å². The topological polar surface area (TPSA) is 25.8 Å². The van der Waals surface area contributed by atoms with E-state index >= 15 is 0 Å². The van der Waals surface area contributed by atoms with Crippen LogP contribution in [0.5, 0.6) is 0 Å². The highest BCUT2D eigenvalue weighted by Gasteiger charge is 2.11. The molecule has 110 valence electrons. The molecule has 0 radical (unpaired) electrons. The second kappa shape index (κ2) is 5.65. The first-order valence-electron chi connectivity index (χ1n) is 8.54. The number of fused-ring (bicyclic) bond motifs is 1. The first kappa shape index (κ1) is 11.6. The summed E-state index contributed by atoms with van der Waals surface area (Å²) in [6, 6.07) is 21.7. The number of aryl methyl sites for hydroxylation is 1. The van der Waals surface area contributed by atoms with Gasteiger partial charge in [0, 0.05) is 16.5 Å². The van der Waals surface area contributed by atoms with Gasteiger partial charge in [-0.25, -0.2) is 9.97 Å². The Labute approximate surface area is 138 Å². The van der Waals surface area contributed by atoms with Crippen molar-refractivity contribution >= 4 is 10.9 Å². The lowest BCUT2D eigenvalue weighted by Gasteiger charge is -2.11. The van der Waals surface area contributed by atoms with Crippen molar-refractivity contribution in [1.29, 1.82) is 0 Å². The van der Waals surface area contributed by atoms with Crippen molar-refractivity contribution in [1.82, 2.24) is 9.97 Å². The number of nitrogens with zero attached hydrogens (tertiary/aromatic N) is 2. The van der Waals surface area contributed by atoms with Crippen LogP contribution in [0, 0.1) is 6.92 Å². The molecule has 0 N–H and O–H groups in total. The minimum atomic E-state index is 0.177. The zero-order valence-corrected chi connectivity index (χ0v) is 12.7. The molecular formula is C21H16N2. The Kier molecular flexibility index (Phi) is 2.84. The van der Waals surface area contributed by atoms with E-state index in [-0.39, 0.29) is 12.1 Å². The minimum absolute atomic E-state index is 0.177. The van der Waals surface area contributed by atoms with E-state index in [4.69, 9.17) is 2.74 Å². The average molecular weight is 298 g/mol. The van der Waals surface area contributed by atoms with Crippen LogP contribution in [-0.4, -0.2) is 9.97 Å². The summed E-state index contributed by atoms with van der Waals surface area (Å²) < 4.78 is 16.7. The summed E-state index contributed by atoms with van der Waals surface area (Å²) in [5.74, 6) is 0.653. The highest BCUT2D eigenvalue weighted by Crippen LogP contribution is 2.32. The van der Waals surface area contributed by atoms with Crippen molar-refractivity contribution in [3.05, 3.63) is 84.6 Å². The molecule has 3 aromatic carbocycles. The summed E-state index contributed by atoms with van der Waals surface area (Å²) in [7, 11) is 0. The third kappa shape index (κ3) is 2.49. The van der Waals surface area contributed by atoms with E-state index in [0.29, 0.717) is 11.4 Å². The fourth-order valence-corrected chi connectivity index (χ4v) is 2.78. The molecule has 0 saturated carbocycles. The van der Waals surface area contributed by atoms with Crippen LogP contribution >= 0.6 is 0 Å². The molecule has 0 aliphatic rings. The molecule has 0 atom stereocenters. The third-order valence-electron chi connectivity index (χ3n) is 3.82. The fourth-order valence-electron chi connectivity index (χ4n) is 2.78. The molecule has 2 nitrogen and oxygen atoms in total. The quantitative estimate of drug-likeness (QED) is 0.503. The zero-order chi connectivity index (χ0) is 17.4. The smallest absolute Gasteiger partial charge is 0.126 e. The number of rotatable bonds is 2. The lowest BCUT2D eigenvalue weighted by Crippen LogP contribution is -1.95. The molecule has 2 heteroatoms. The molecule has 0 aliphatic heterocycles. The predicted octanol–water partition coefficient (Wildman–Crippen LogP) is 5.27. The monoisotopic (exact) mass is 298 g/mol. The maximum absolute atomic E-state index is 8.41. The van der Waals surface area contributed by atoms with Gasteiger partial charge in [-0.3, -0.25) is 0 Å². The molecule has 1 heterocycles. The molecule has 0 saturated heterocycles. The van der Waals surface area contributed by atoms with Gasteiger partial charge >= 0.3 is 0 Å². The molecule has 1 aromatic heterocycles. The summed E-state index contributed by atoms with van der Waals surface area (Å²) in [6.45, 7) is 1.86. The van der Waals surface area contributed by atoms with E-state index in [1.165, 1.54) is 0 Å². The van der Waals surface area contributed by atoms with Crippen LogP contribution in [0.4, 0.5) is 0 Å². The van der Waals surface area contributed by atoms with Gasteiger partial charge in [-0.2, -0.15) is 0 Å². The molecule has 4 rings (SSSR count). The van der Waals surface area contributed by atoms with E-state index in [1.807, 2.05) is 67.6 Å². The maximum atomic E-state index is 8.41. The average Bonchev–Trinajstić information content (AvgIpc) is 2.64. The van der Waals surface area contributed by atoms with Crippen LogP contribution < -0.4 is 0 Å². The second-order valence-corrected chi connectivity index (χ2v) is 5.40. The summed E-state index contributed by atoms with van der Waals surface area (Å²) in [5, 5.41) is 0.802. The number of benzene rings is 3. The SMILES string of the molecule is [2H]c1cc2c(-c3ccccc3)nc(C)nc2c(-c2ccccc2)c1[2H]. The Bertz CT molecular complexity index is 1060. The van der Waals surface area contributed by atoms with Gasteiger partial charge in [0.2, 0.25) is 0 Å². The molecule has 0 amide bonds. The molecule has 0 unspecified atom stereocenters. The lowest BCUT2D eigenvalue weighted by atomic mass is 9.99. The highest BCUT2D eigenvalue weighted by atomic mass is 14.9.